The predicted molar refractivity (Wildman–Crippen MR) is 110 cm³/mol. The van der Waals surface area contributed by atoms with Crippen molar-refractivity contribution in [3.05, 3.63) is 22.9 Å². The van der Waals surface area contributed by atoms with Gasteiger partial charge in [-0.15, -0.1) is 0 Å². The Labute approximate surface area is 188 Å². The van der Waals surface area contributed by atoms with Gasteiger partial charge in [-0.2, -0.15) is 0 Å². The van der Waals surface area contributed by atoms with Gasteiger partial charge < -0.3 is 9.47 Å². The van der Waals surface area contributed by atoms with E-state index < -0.39 is 38.3 Å². The minimum absolute atomic E-state index is 0.0122. The summed E-state index contributed by atoms with van der Waals surface area (Å²) < 4.78 is 10.6. The van der Waals surface area contributed by atoms with E-state index >= 15 is 0 Å². The lowest BCUT2D eigenvalue weighted by Gasteiger charge is -2.40. The van der Waals surface area contributed by atoms with Gasteiger partial charge in [-0.3, -0.25) is 9.59 Å². The lowest BCUT2D eigenvalue weighted by atomic mass is 9.67. The molecule has 2 aliphatic carbocycles. The molecule has 8 nitrogen and oxygen atoms in total. The van der Waals surface area contributed by atoms with Crippen molar-refractivity contribution in [3.63, 3.8) is 0 Å². The molecule has 1 heterocycles. The zero-order valence-corrected chi connectivity index (χ0v) is 19.1. The lowest BCUT2D eigenvalue weighted by molar-refractivity contribution is -0.145. The minimum atomic E-state index is -2.17. The molecule has 2 fully saturated rings. The van der Waals surface area contributed by atoms with Gasteiger partial charge in [0.1, 0.15) is 6.61 Å². The van der Waals surface area contributed by atoms with E-state index in [4.69, 9.17) is 44.3 Å². The smallest absolute Gasteiger partial charge is 0.358 e. The Morgan fingerprint density at radius 3 is 2.33 bits per heavy atom. The van der Waals surface area contributed by atoms with Crippen LogP contribution in [0.1, 0.15) is 49.6 Å². The van der Waals surface area contributed by atoms with Gasteiger partial charge in [-0.1, -0.05) is 48.7 Å². The topological polar surface area (TPSA) is 96.6 Å². The number of alkyl halides is 3. The van der Waals surface area contributed by atoms with Gasteiger partial charge in [-0.05, 0) is 30.6 Å². The second-order valence-electron chi connectivity index (χ2n) is 8.30. The molecular formula is C19H23Cl3N2O6. The van der Waals surface area contributed by atoms with Crippen LogP contribution in [-0.4, -0.2) is 50.0 Å². The summed E-state index contributed by atoms with van der Waals surface area (Å²) in [6.45, 7) is 5.13. The number of carbonyl (C=O) groups excluding carboxylic acids is 3. The van der Waals surface area contributed by atoms with Crippen molar-refractivity contribution in [3.8, 4) is 0 Å². The molecule has 2 saturated carbocycles. The van der Waals surface area contributed by atoms with E-state index in [1.54, 1.807) is 0 Å². The number of hydrogen-bond acceptors (Lipinski definition) is 6. The molecule has 3 atom stereocenters. The highest BCUT2D eigenvalue weighted by Gasteiger charge is 2.69. The summed E-state index contributed by atoms with van der Waals surface area (Å²) in [6, 6.07) is 0. The quantitative estimate of drug-likeness (QED) is 0.364. The van der Waals surface area contributed by atoms with Crippen LogP contribution >= 0.6 is 34.8 Å². The summed E-state index contributed by atoms with van der Waals surface area (Å²) in [5.74, 6) is -1.63. The van der Waals surface area contributed by atoms with Crippen LogP contribution in [0, 0.1) is 16.7 Å². The number of rotatable bonds is 5. The normalized spacial score (nSPS) is 27.3. The predicted octanol–water partition coefficient (Wildman–Crippen LogP) is 3.08. The van der Waals surface area contributed by atoms with Crippen molar-refractivity contribution in [2.75, 3.05) is 13.2 Å². The van der Waals surface area contributed by atoms with Gasteiger partial charge >= 0.3 is 11.7 Å². The Balaban J connectivity index is 1.81. The van der Waals surface area contributed by atoms with E-state index in [9.17, 15) is 19.2 Å². The summed E-state index contributed by atoms with van der Waals surface area (Å²) in [5.41, 5.74) is -2.05. The third-order valence-corrected chi connectivity index (χ3v) is 7.15. The number of carbonyl (C=O) groups is 3. The third kappa shape index (κ3) is 3.61. The summed E-state index contributed by atoms with van der Waals surface area (Å²) in [5, 5.41) is 0. The molecule has 0 N–H and O–H groups in total. The summed E-state index contributed by atoms with van der Waals surface area (Å²) in [6.07, 6.45) is 4.17. The van der Waals surface area contributed by atoms with E-state index in [2.05, 4.69) is 0 Å². The molecular weight excluding hydrogens is 459 g/mol. The number of nitrogens with zero attached hydrogens (tertiary/aromatic N) is 2. The third-order valence-electron chi connectivity index (χ3n) is 6.69. The minimum Gasteiger partial charge on any atom is -0.460 e. The molecule has 11 heteroatoms. The van der Waals surface area contributed by atoms with Crippen LogP contribution in [0.2, 0.25) is 0 Å². The highest BCUT2D eigenvalue weighted by Crippen LogP contribution is 2.67. The lowest BCUT2D eigenvalue weighted by Crippen LogP contribution is -2.51. The maximum Gasteiger partial charge on any atom is 0.358 e. The van der Waals surface area contributed by atoms with E-state index in [0.29, 0.717) is 12.8 Å². The van der Waals surface area contributed by atoms with Gasteiger partial charge in [0.2, 0.25) is 11.8 Å². The number of esters is 1. The average molecular weight is 482 g/mol. The van der Waals surface area contributed by atoms with Gasteiger partial charge in [0.25, 0.3) is 3.79 Å². The molecule has 2 aliphatic rings. The largest absolute Gasteiger partial charge is 0.460 e. The first-order valence-corrected chi connectivity index (χ1v) is 10.7. The monoisotopic (exact) mass is 480 g/mol. The number of halogens is 3. The van der Waals surface area contributed by atoms with Crippen molar-refractivity contribution in [2.24, 2.45) is 16.7 Å². The molecule has 0 aromatic carbocycles. The van der Waals surface area contributed by atoms with Crippen LogP contribution in [-0.2, 0) is 14.3 Å². The molecule has 0 amide bonds. The fraction of sp³-hybridized carbons (Fsp3) is 0.684. The maximum absolute atomic E-state index is 13.6. The van der Waals surface area contributed by atoms with Crippen LogP contribution in [0.5, 0.6) is 0 Å². The first kappa shape index (κ1) is 23.3. The molecule has 0 saturated heterocycles. The van der Waals surface area contributed by atoms with Crippen molar-refractivity contribution < 1.29 is 23.9 Å². The fourth-order valence-electron chi connectivity index (χ4n) is 5.02. The standard InChI is InChI=1S/C19H23Cl3N2O6/c1-11(25)23-6-7-24(16(23)28)14(26)18-5-4-12(17(18,2)3)10-13(18)29-8-9-30-15(27)19(20,21)22/h6-7,12-13H,4-5,8-10H2,1-3H3/t12?,13-,18-/m1/s1. The summed E-state index contributed by atoms with van der Waals surface area (Å²) in [7, 11) is 0. The number of fused-ring (bicyclic) bond motifs is 2. The van der Waals surface area contributed by atoms with Gasteiger partial charge in [0, 0.05) is 19.3 Å². The average Bonchev–Trinajstić information content (AvgIpc) is 3.22. The van der Waals surface area contributed by atoms with Crippen LogP contribution in [0.4, 0.5) is 0 Å². The van der Waals surface area contributed by atoms with Crippen LogP contribution in [0.25, 0.3) is 0 Å². The van der Waals surface area contributed by atoms with Crippen molar-refractivity contribution in [1.82, 2.24) is 9.13 Å². The fourth-order valence-corrected chi connectivity index (χ4v) is 5.18. The number of hydrogen-bond donors (Lipinski definition) is 0. The molecule has 1 aromatic rings. The van der Waals surface area contributed by atoms with E-state index in [1.165, 1.54) is 19.3 Å². The molecule has 0 aliphatic heterocycles. The summed E-state index contributed by atoms with van der Waals surface area (Å²) >= 11 is 16.4. The maximum atomic E-state index is 13.6. The molecule has 0 spiro atoms. The zero-order valence-electron chi connectivity index (χ0n) is 16.8. The first-order valence-electron chi connectivity index (χ1n) is 9.55. The molecule has 1 unspecified atom stereocenters. The van der Waals surface area contributed by atoms with Crippen molar-refractivity contribution in [1.29, 1.82) is 0 Å². The van der Waals surface area contributed by atoms with Crippen LogP contribution in [0.15, 0.2) is 17.2 Å². The zero-order chi connectivity index (χ0) is 22.5. The second-order valence-corrected chi connectivity index (χ2v) is 10.6. The Bertz CT molecular complexity index is 931. The number of imidazole rings is 1. The van der Waals surface area contributed by atoms with E-state index in [1.807, 2.05) is 13.8 Å². The highest BCUT2D eigenvalue weighted by atomic mass is 35.6. The molecule has 3 rings (SSSR count). The Kier molecular flexibility index (Phi) is 6.19. The highest BCUT2D eigenvalue weighted by molar-refractivity contribution is 6.75. The molecule has 2 bridgehead atoms. The van der Waals surface area contributed by atoms with Crippen LogP contribution < -0.4 is 5.69 Å². The van der Waals surface area contributed by atoms with Gasteiger partial charge in [0.05, 0.1) is 18.1 Å². The second kappa shape index (κ2) is 7.97. The van der Waals surface area contributed by atoms with E-state index in [0.717, 1.165) is 15.6 Å². The molecule has 166 valence electrons. The molecule has 0 radical (unpaired) electrons. The summed E-state index contributed by atoms with van der Waals surface area (Å²) in [4.78, 5) is 49.3. The number of aromatic nitrogens is 2. The van der Waals surface area contributed by atoms with Gasteiger partial charge in [-0.25, -0.2) is 18.7 Å². The first-order chi connectivity index (χ1) is 13.8. The Morgan fingerprint density at radius 1 is 1.17 bits per heavy atom. The number of ether oxygens (including phenoxy) is 2. The van der Waals surface area contributed by atoms with Gasteiger partial charge in [0.15, 0.2) is 0 Å². The van der Waals surface area contributed by atoms with Crippen molar-refractivity contribution >= 4 is 52.6 Å². The van der Waals surface area contributed by atoms with E-state index in [-0.39, 0.29) is 25.0 Å². The Morgan fingerprint density at radius 2 is 1.80 bits per heavy atom. The van der Waals surface area contributed by atoms with Crippen molar-refractivity contribution in [2.45, 2.75) is 49.9 Å². The van der Waals surface area contributed by atoms with Crippen LogP contribution in [0.3, 0.4) is 0 Å². The SMILES string of the molecule is CC(=O)n1ccn(C(=O)[C@@]23CCC(C[C@H]2OCCOC(=O)C(Cl)(Cl)Cl)C3(C)C)c1=O. The Hall–Kier alpha value is -1.35. The molecule has 1 aromatic heterocycles. The molecule has 30 heavy (non-hydrogen) atoms.